The van der Waals surface area contributed by atoms with E-state index in [9.17, 15) is 10.1 Å². The first-order chi connectivity index (χ1) is 9.52. The molecule has 6 heteroatoms. The smallest absolute Gasteiger partial charge is 0.225 e. The molecule has 0 atom stereocenters. The number of carbonyl (C=O) groups is 1. The molecule has 1 aliphatic heterocycles. The molecule has 0 bridgehead atoms. The molecule has 2 heterocycles. The molecule has 1 aromatic rings. The lowest BCUT2D eigenvalue weighted by Crippen LogP contribution is -2.40. The number of aromatic nitrogens is 1. The Morgan fingerprint density at radius 2 is 2.15 bits per heavy atom. The largest absolute Gasteiger partial charge is 0.355 e. The van der Waals surface area contributed by atoms with Crippen molar-refractivity contribution in [1.29, 1.82) is 5.26 Å². The van der Waals surface area contributed by atoms with Gasteiger partial charge in [0, 0.05) is 43.8 Å². The Labute approximate surface area is 127 Å². The van der Waals surface area contributed by atoms with E-state index in [1.54, 1.807) is 31.3 Å². The highest BCUT2D eigenvalue weighted by molar-refractivity contribution is 9.10. The van der Waals surface area contributed by atoms with Crippen molar-refractivity contribution in [3.63, 3.8) is 0 Å². The summed E-state index contributed by atoms with van der Waals surface area (Å²) in [6.07, 6.45) is 3.31. The quantitative estimate of drug-likeness (QED) is 0.828. The topological polar surface area (TPSA) is 60.2 Å². The summed E-state index contributed by atoms with van der Waals surface area (Å²) < 4.78 is 0.801. The van der Waals surface area contributed by atoms with E-state index >= 15 is 0 Å². The second kappa shape index (κ2) is 6.23. The van der Waals surface area contributed by atoms with Crippen molar-refractivity contribution in [2.45, 2.75) is 12.8 Å². The molecule has 20 heavy (non-hydrogen) atoms. The fourth-order valence-corrected chi connectivity index (χ4v) is 2.80. The molecule has 1 amide bonds. The Bertz CT molecular complexity index is 545. The van der Waals surface area contributed by atoms with Gasteiger partial charge < -0.3 is 9.80 Å². The first kappa shape index (κ1) is 14.8. The molecule has 0 unspecified atom stereocenters. The first-order valence-electron chi connectivity index (χ1n) is 6.54. The Morgan fingerprint density at radius 1 is 1.50 bits per heavy atom. The predicted molar refractivity (Wildman–Crippen MR) is 80.3 cm³/mol. The molecule has 0 aliphatic carbocycles. The van der Waals surface area contributed by atoms with Crippen LogP contribution in [0, 0.1) is 17.2 Å². The molecule has 5 nitrogen and oxygen atoms in total. The van der Waals surface area contributed by atoms with Gasteiger partial charge in [-0.2, -0.15) is 5.26 Å². The lowest BCUT2D eigenvalue weighted by Gasteiger charge is -2.33. The standard InChI is InChI=1S/C14H17BrN4O/c1-18(2)14(20)10-3-5-19(6-4-10)13-11(8-16)7-12(15)9-17-13/h7,9-10H,3-6H2,1-2H3. The van der Waals surface area contributed by atoms with Crippen molar-refractivity contribution in [2.75, 3.05) is 32.1 Å². The van der Waals surface area contributed by atoms with Crippen LogP contribution in [-0.4, -0.2) is 43.0 Å². The van der Waals surface area contributed by atoms with Crippen LogP contribution in [0.15, 0.2) is 16.7 Å². The van der Waals surface area contributed by atoms with E-state index in [0.29, 0.717) is 11.4 Å². The average Bonchev–Trinajstić information content (AvgIpc) is 2.46. The third kappa shape index (κ3) is 3.10. The molecule has 0 aromatic carbocycles. The summed E-state index contributed by atoms with van der Waals surface area (Å²) in [6, 6.07) is 3.95. The van der Waals surface area contributed by atoms with Crippen molar-refractivity contribution >= 4 is 27.7 Å². The summed E-state index contributed by atoms with van der Waals surface area (Å²) in [6.45, 7) is 1.51. The van der Waals surface area contributed by atoms with Gasteiger partial charge in [-0.05, 0) is 34.8 Å². The van der Waals surface area contributed by atoms with Crippen LogP contribution in [-0.2, 0) is 4.79 Å². The van der Waals surface area contributed by atoms with Crippen LogP contribution in [0.25, 0.3) is 0 Å². The van der Waals surface area contributed by atoms with Crippen LogP contribution in [0.3, 0.4) is 0 Å². The second-order valence-electron chi connectivity index (χ2n) is 5.13. The number of nitrogens with zero attached hydrogens (tertiary/aromatic N) is 4. The SMILES string of the molecule is CN(C)C(=O)C1CCN(c2ncc(Br)cc2C#N)CC1. The van der Waals surface area contributed by atoms with Gasteiger partial charge in [-0.1, -0.05) is 0 Å². The molecular weight excluding hydrogens is 320 g/mol. The summed E-state index contributed by atoms with van der Waals surface area (Å²) in [5.41, 5.74) is 0.566. The maximum absolute atomic E-state index is 11.9. The molecule has 1 aromatic heterocycles. The minimum atomic E-state index is 0.0854. The summed E-state index contributed by atoms with van der Waals surface area (Å²) in [7, 11) is 3.58. The van der Waals surface area contributed by atoms with Crippen LogP contribution < -0.4 is 4.90 Å². The third-order valence-electron chi connectivity index (χ3n) is 3.54. The van der Waals surface area contributed by atoms with E-state index in [2.05, 4.69) is 31.9 Å². The Kier molecular flexibility index (Phi) is 4.61. The van der Waals surface area contributed by atoms with Crippen molar-refractivity contribution in [2.24, 2.45) is 5.92 Å². The molecule has 1 saturated heterocycles. The van der Waals surface area contributed by atoms with E-state index in [0.717, 1.165) is 30.4 Å². The van der Waals surface area contributed by atoms with Gasteiger partial charge in [0.2, 0.25) is 5.91 Å². The average molecular weight is 337 g/mol. The highest BCUT2D eigenvalue weighted by Gasteiger charge is 2.27. The maximum atomic E-state index is 11.9. The zero-order valence-corrected chi connectivity index (χ0v) is 13.2. The monoisotopic (exact) mass is 336 g/mol. The van der Waals surface area contributed by atoms with Gasteiger partial charge in [-0.3, -0.25) is 4.79 Å². The van der Waals surface area contributed by atoms with Crippen molar-refractivity contribution in [3.8, 4) is 6.07 Å². The number of rotatable bonds is 2. The van der Waals surface area contributed by atoms with Gasteiger partial charge in [0.25, 0.3) is 0 Å². The number of pyridine rings is 1. The van der Waals surface area contributed by atoms with Crippen LogP contribution in [0.4, 0.5) is 5.82 Å². The summed E-state index contributed by atoms with van der Waals surface area (Å²) in [5.74, 6) is 0.989. The maximum Gasteiger partial charge on any atom is 0.225 e. The number of halogens is 1. The molecule has 106 valence electrons. The van der Waals surface area contributed by atoms with E-state index in [1.165, 1.54) is 0 Å². The van der Waals surface area contributed by atoms with Gasteiger partial charge in [0.1, 0.15) is 11.9 Å². The molecular formula is C14H17BrN4O. The van der Waals surface area contributed by atoms with Gasteiger partial charge >= 0.3 is 0 Å². The van der Waals surface area contributed by atoms with Gasteiger partial charge in [-0.15, -0.1) is 0 Å². The number of carbonyl (C=O) groups excluding carboxylic acids is 1. The third-order valence-corrected chi connectivity index (χ3v) is 3.97. The summed E-state index contributed by atoms with van der Waals surface area (Å²) in [5, 5.41) is 9.19. The highest BCUT2D eigenvalue weighted by atomic mass is 79.9. The number of hydrogen-bond donors (Lipinski definition) is 0. The molecule has 1 fully saturated rings. The number of hydrogen-bond acceptors (Lipinski definition) is 4. The van der Waals surface area contributed by atoms with Crippen LogP contribution in [0.1, 0.15) is 18.4 Å². The molecule has 0 radical (unpaired) electrons. The fraction of sp³-hybridized carbons (Fsp3) is 0.500. The first-order valence-corrected chi connectivity index (χ1v) is 7.34. The minimum Gasteiger partial charge on any atom is -0.355 e. The lowest BCUT2D eigenvalue weighted by atomic mass is 9.95. The van der Waals surface area contributed by atoms with Crippen LogP contribution >= 0.6 is 15.9 Å². The zero-order chi connectivity index (χ0) is 14.7. The Morgan fingerprint density at radius 3 is 2.70 bits per heavy atom. The summed E-state index contributed by atoms with van der Waals surface area (Å²) in [4.78, 5) is 20.0. The van der Waals surface area contributed by atoms with Gasteiger partial charge in [0.15, 0.2) is 0 Å². The zero-order valence-electron chi connectivity index (χ0n) is 11.6. The minimum absolute atomic E-state index is 0.0854. The van der Waals surface area contributed by atoms with E-state index in [-0.39, 0.29) is 11.8 Å². The highest BCUT2D eigenvalue weighted by Crippen LogP contribution is 2.26. The van der Waals surface area contributed by atoms with Crippen molar-refractivity contribution < 1.29 is 4.79 Å². The van der Waals surface area contributed by atoms with Crippen LogP contribution in [0.2, 0.25) is 0 Å². The predicted octanol–water partition coefficient (Wildman–Crippen LogP) is 2.02. The molecule has 0 saturated carbocycles. The fourth-order valence-electron chi connectivity index (χ4n) is 2.47. The molecule has 0 spiro atoms. The van der Waals surface area contributed by atoms with E-state index < -0.39 is 0 Å². The molecule has 0 N–H and O–H groups in total. The van der Waals surface area contributed by atoms with Crippen molar-refractivity contribution in [3.05, 3.63) is 22.3 Å². The van der Waals surface area contributed by atoms with Gasteiger partial charge in [0.05, 0.1) is 5.56 Å². The van der Waals surface area contributed by atoms with E-state index in [4.69, 9.17) is 0 Å². The normalized spacial score (nSPS) is 15.8. The number of piperidine rings is 1. The molecule has 1 aliphatic rings. The number of nitriles is 1. The van der Waals surface area contributed by atoms with Gasteiger partial charge in [-0.25, -0.2) is 4.98 Å². The van der Waals surface area contributed by atoms with Crippen molar-refractivity contribution in [1.82, 2.24) is 9.88 Å². The van der Waals surface area contributed by atoms with E-state index in [1.807, 2.05) is 0 Å². The Balaban J connectivity index is 2.08. The summed E-state index contributed by atoms with van der Waals surface area (Å²) >= 11 is 3.32. The van der Waals surface area contributed by atoms with Crippen LogP contribution in [0.5, 0.6) is 0 Å². The number of anilines is 1. The Hall–Kier alpha value is -1.61. The lowest BCUT2D eigenvalue weighted by molar-refractivity contribution is -0.133. The second-order valence-corrected chi connectivity index (χ2v) is 6.05. The molecule has 2 rings (SSSR count). The number of amides is 1.